The van der Waals surface area contributed by atoms with Gasteiger partial charge in [0.2, 0.25) is 0 Å². The Bertz CT molecular complexity index is 392. The molecular weight excluding hydrogens is 320 g/mol. The number of ether oxygens (including phenoxy) is 3. The van der Waals surface area contributed by atoms with Crippen molar-refractivity contribution < 1.29 is 24.1 Å². The fourth-order valence-electron chi connectivity index (χ4n) is 5.29. The van der Waals surface area contributed by atoms with E-state index in [1.54, 1.807) is 14.2 Å². The van der Waals surface area contributed by atoms with Crippen LogP contribution in [0.5, 0.6) is 0 Å². The number of carboxylic acids is 1. The van der Waals surface area contributed by atoms with E-state index in [9.17, 15) is 9.90 Å². The van der Waals surface area contributed by atoms with Crippen LogP contribution in [-0.4, -0.2) is 49.3 Å². The van der Waals surface area contributed by atoms with Crippen molar-refractivity contribution in [1.82, 2.24) is 0 Å². The lowest BCUT2D eigenvalue weighted by atomic mass is 9.75. The van der Waals surface area contributed by atoms with Crippen molar-refractivity contribution in [2.24, 2.45) is 17.8 Å². The normalized spacial score (nSPS) is 42.9. The lowest BCUT2D eigenvalue weighted by Gasteiger charge is -2.42. The number of hydrogen-bond acceptors (Lipinski definition) is 4. The Morgan fingerprint density at radius 3 is 1.52 bits per heavy atom. The minimum absolute atomic E-state index is 0.194. The first-order valence-electron chi connectivity index (χ1n) is 10.1. The maximum atomic E-state index is 11.6. The van der Waals surface area contributed by atoms with Crippen LogP contribution in [0.1, 0.15) is 64.2 Å². The molecule has 3 aliphatic rings. The molecule has 0 amide bonds. The molecule has 0 bridgehead atoms. The Balaban J connectivity index is 1.61. The lowest BCUT2D eigenvalue weighted by Crippen LogP contribution is -2.49. The Morgan fingerprint density at radius 2 is 1.20 bits per heavy atom. The predicted molar refractivity (Wildman–Crippen MR) is 93.0 cm³/mol. The zero-order valence-electron chi connectivity index (χ0n) is 15.7. The molecule has 3 rings (SSSR count). The van der Waals surface area contributed by atoms with E-state index in [-0.39, 0.29) is 18.1 Å². The van der Waals surface area contributed by atoms with E-state index in [4.69, 9.17) is 14.2 Å². The maximum absolute atomic E-state index is 11.6. The topological polar surface area (TPSA) is 71.4 Å². The maximum Gasteiger partial charge on any atom is 0.158 e. The number of carboxylic acid groups (broad SMARTS) is 1. The molecule has 2 aliphatic carbocycles. The summed E-state index contributed by atoms with van der Waals surface area (Å²) in [5.74, 6) is -0.161. The van der Waals surface area contributed by atoms with E-state index in [1.807, 2.05) is 0 Å². The molecule has 5 heteroatoms. The second kappa shape index (κ2) is 8.83. The molecule has 5 nitrogen and oxygen atoms in total. The lowest BCUT2D eigenvalue weighted by molar-refractivity contribution is -0.322. The van der Waals surface area contributed by atoms with E-state index in [0.717, 1.165) is 51.4 Å². The smallest absolute Gasteiger partial charge is 0.158 e. The summed E-state index contributed by atoms with van der Waals surface area (Å²) in [6.45, 7) is 0. The number of hydrogen-bond donors (Lipinski definition) is 0. The van der Waals surface area contributed by atoms with E-state index in [2.05, 4.69) is 0 Å². The monoisotopic (exact) mass is 354 g/mol. The van der Waals surface area contributed by atoms with Crippen molar-refractivity contribution >= 4 is 5.97 Å². The average Bonchev–Trinajstić information content (AvgIpc) is 2.67. The fraction of sp³-hybridized carbons (Fsp3) is 0.950. The van der Waals surface area contributed by atoms with Gasteiger partial charge in [0, 0.05) is 50.8 Å². The Kier molecular flexibility index (Phi) is 6.75. The predicted octanol–water partition coefficient (Wildman–Crippen LogP) is 1.82. The largest absolute Gasteiger partial charge is 0.550 e. The molecule has 1 N–H and O–H groups in total. The summed E-state index contributed by atoms with van der Waals surface area (Å²) in [4.78, 5) is 11.6. The molecule has 2 unspecified atom stereocenters. The summed E-state index contributed by atoms with van der Waals surface area (Å²) in [7, 11) is 3.57. The quantitative estimate of drug-likeness (QED) is 0.706. The number of rotatable bonds is 5. The van der Waals surface area contributed by atoms with Gasteiger partial charge in [-0.2, -0.15) is 0 Å². The Morgan fingerprint density at radius 1 is 0.800 bits per heavy atom. The van der Waals surface area contributed by atoms with Crippen LogP contribution in [0.25, 0.3) is 0 Å². The van der Waals surface area contributed by atoms with Crippen molar-refractivity contribution in [3.63, 3.8) is 0 Å². The highest BCUT2D eigenvalue weighted by Gasteiger charge is 2.43. The molecule has 0 aromatic rings. The number of carbonyl (C=O) groups is 1. The molecule has 3 fully saturated rings. The van der Waals surface area contributed by atoms with Gasteiger partial charge in [-0.15, -0.1) is 0 Å². The van der Waals surface area contributed by atoms with Gasteiger partial charge in [0.05, 0.1) is 12.2 Å². The number of aliphatic hydroxyl groups is 2. The van der Waals surface area contributed by atoms with Crippen LogP contribution < -0.4 is 5.11 Å². The van der Waals surface area contributed by atoms with E-state index in [0.29, 0.717) is 36.9 Å². The number of aliphatic carboxylic acids is 1. The van der Waals surface area contributed by atoms with Crippen LogP contribution in [0.15, 0.2) is 0 Å². The van der Waals surface area contributed by atoms with Crippen molar-refractivity contribution in [1.29, 1.82) is 0 Å². The van der Waals surface area contributed by atoms with E-state index >= 15 is 0 Å². The molecule has 1 saturated heterocycles. The molecule has 0 radical (unpaired) electrons. The van der Waals surface area contributed by atoms with E-state index < -0.39 is 5.97 Å². The van der Waals surface area contributed by atoms with Gasteiger partial charge < -0.3 is 24.1 Å². The second-order valence-corrected chi connectivity index (χ2v) is 8.32. The molecule has 25 heavy (non-hydrogen) atoms. The molecule has 2 atom stereocenters. The highest BCUT2D eigenvalue weighted by Crippen LogP contribution is 2.40. The molecule has 0 aromatic heterocycles. The van der Waals surface area contributed by atoms with Crippen LogP contribution in [-0.2, 0) is 14.3 Å². The van der Waals surface area contributed by atoms with Gasteiger partial charge >= 0.3 is 0 Å². The molecular formula is C20H34O5. The first-order valence-corrected chi connectivity index (χ1v) is 10.1. The van der Waals surface area contributed by atoms with Crippen LogP contribution in [0.4, 0.5) is 0 Å². The molecule has 0 spiro atoms. The third-order valence-corrected chi connectivity index (χ3v) is 6.96. The summed E-state index contributed by atoms with van der Waals surface area (Å²) >= 11 is 0. The second-order valence-electron chi connectivity index (χ2n) is 8.32. The Hall–Kier alpha value is -0.650. The van der Waals surface area contributed by atoms with Crippen molar-refractivity contribution in [3.05, 3.63) is 0 Å². The highest BCUT2D eigenvalue weighted by atomic mass is 16.5. The third-order valence-electron chi connectivity index (χ3n) is 6.96. The van der Waals surface area contributed by atoms with Gasteiger partial charge in [0.15, 0.2) is 12.2 Å². The van der Waals surface area contributed by atoms with Gasteiger partial charge in [-0.1, -0.05) is 0 Å². The molecule has 0 aromatic carbocycles. The van der Waals surface area contributed by atoms with Gasteiger partial charge in [-0.25, -0.2) is 0 Å². The van der Waals surface area contributed by atoms with Crippen molar-refractivity contribution in [3.8, 4) is 0 Å². The van der Waals surface area contributed by atoms with Gasteiger partial charge in [-0.05, 0) is 51.4 Å². The molecule has 2 saturated carbocycles. The average molecular weight is 354 g/mol. The fourth-order valence-corrected chi connectivity index (χ4v) is 5.29. The summed E-state index contributed by atoms with van der Waals surface area (Å²) < 4.78 is 16.1. The first-order chi connectivity index (χ1) is 12.1. The van der Waals surface area contributed by atoms with Gasteiger partial charge in [-0.3, -0.25) is 0 Å². The zero-order valence-corrected chi connectivity index (χ0v) is 15.7. The summed E-state index contributed by atoms with van der Waals surface area (Å²) in [5.41, 5.74) is 0. The first kappa shape index (κ1) is 19.1. The Labute approximate surface area is 151 Å². The molecule has 1 heterocycles. The third kappa shape index (κ3) is 4.75. The summed E-state index contributed by atoms with van der Waals surface area (Å²) in [6.07, 6.45) is 11.2. The summed E-state index contributed by atoms with van der Waals surface area (Å²) in [6, 6.07) is 0. The van der Waals surface area contributed by atoms with Crippen molar-refractivity contribution in [2.75, 3.05) is 14.2 Å². The van der Waals surface area contributed by atoms with Crippen molar-refractivity contribution in [2.45, 2.75) is 88.6 Å². The van der Waals surface area contributed by atoms with Crippen LogP contribution in [0, 0.1) is 17.8 Å². The van der Waals surface area contributed by atoms with Gasteiger partial charge in [0.25, 0.3) is 0 Å². The number of carbonyl (C=O) groups excluding carboxylic acids is 1. The highest BCUT2D eigenvalue weighted by molar-refractivity contribution is 5.67. The van der Waals surface area contributed by atoms with Gasteiger partial charge in [0.1, 0.15) is 0 Å². The van der Waals surface area contributed by atoms with Crippen LogP contribution in [0.2, 0.25) is 0 Å². The summed E-state index contributed by atoms with van der Waals surface area (Å²) in [5, 5.41) is 11.6. The molecule has 1 aliphatic heterocycles. The molecule has 144 valence electrons. The minimum Gasteiger partial charge on any atom is -0.550 e. The van der Waals surface area contributed by atoms with E-state index in [1.165, 1.54) is 0 Å². The SMILES string of the molecule is COC1CCC(C2CC(C(=O)[O-])CC(C3CCC(OC)CC3)[OH+]2)CC1. The zero-order chi connectivity index (χ0) is 17.8. The standard InChI is InChI=1S/C20H34O5/c1-23-16-7-3-13(4-8-16)18-11-15(20(21)22)12-19(25-18)14-5-9-17(24-2)10-6-14/h13-19H,3-12H2,1-2H3,(H,21,22). The minimum atomic E-state index is -0.874. The number of methoxy groups -OCH3 is 2. The van der Waals surface area contributed by atoms with Crippen LogP contribution >= 0.6 is 0 Å². The van der Waals surface area contributed by atoms with Crippen LogP contribution in [0.3, 0.4) is 0 Å².